The molecule has 0 unspecified atom stereocenters. The molecule has 0 aliphatic rings. The van der Waals surface area contributed by atoms with Crippen LogP contribution in [0.3, 0.4) is 0 Å². The van der Waals surface area contributed by atoms with Crippen molar-refractivity contribution in [2.75, 3.05) is 6.26 Å². The monoisotopic (exact) mass is 318 g/mol. The topological polar surface area (TPSA) is 102 Å². The van der Waals surface area contributed by atoms with Gasteiger partial charge in [0.25, 0.3) is 5.89 Å². The molecule has 0 saturated carbocycles. The molecule has 22 heavy (non-hydrogen) atoms. The summed E-state index contributed by atoms with van der Waals surface area (Å²) in [6.45, 7) is 2.01. The summed E-state index contributed by atoms with van der Waals surface area (Å²) in [4.78, 5) is 4.53. The van der Waals surface area contributed by atoms with E-state index >= 15 is 0 Å². The van der Waals surface area contributed by atoms with Crippen molar-refractivity contribution in [3.8, 4) is 23.0 Å². The van der Waals surface area contributed by atoms with Gasteiger partial charge in [0.05, 0.1) is 4.90 Å². The lowest BCUT2D eigenvalue weighted by Gasteiger charge is -1.98. The number of nitrogens with zero attached hydrogens (tertiary/aromatic N) is 3. The predicted molar refractivity (Wildman–Crippen MR) is 79.8 cm³/mol. The van der Waals surface area contributed by atoms with Gasteiger partial charge in [-0.3, -0.25) is 5.10 Å². The molecule has 0 bridgehead atoms. The third kappa shape index (κ3) is 2.77. The molecular formula is C14H14N4O3S. The van der Waals surface area contributed by atoms with Crippen molar-refractivity contribution in [1.82, 2.24) is 20.3 Å². The molecule has 2 heterocycles. The molecule has 0 aliphatic heterocycles. The highest BCUT2D eigenvalue weighted by molar-refractivity contribution is 7.90. The van der Waals surface area contributed by atoms with Crippen LogP contribution in [-0.4, -0.2) is 35.0 Å². The fourth-order valence-electron chi connectivity index (χ4n) is 1.95. The Bertz CT molecular complexity index is 894. The smallest absolute Gasteiger partial charge is 0.278 e. The van der Waals surface area contributed by atoms with Gasteiger partial charge in [0.1, 0.15) is 0 Å². The summed E-state index contributed by atoms with van der Waals surface area (Å²) in [5, 5.41) is 10.9. The van der Waals surface area contributed by atoms with E-state index in [2.05, 4.69) is 20.3 Å². The summed E-state index contributed by atoms with van der Waals surface area (Å²) >= 11 is 0. The third-order valence-electron chi connectivity index (χ3n) is 3.20. The molecule has 2 aromatic heterocycles. The highest BCUT2D eigenvalue weighted by Gasteiger charge is 2.14. The molecule has 7 nitrogen and oxygen atoms in total. The largest absolute Gasteiger partial charge is 0.332 e. The molecular weight excluding hydrogens is 304 g/mol. The van der Waals surface area contributed by atoms with Crippen LogP contribution in [-0.2, 0) is 16.3 Å². The average molecular weight is 318 g/mol. The second kappa shape index (κ2) is 5.38. The Morgan fingerprint density at radius 1 is 1.23 bits per heavy atom. The molecule has 0 aliphatic carbocycles. The number of sulfone groups is 1. The molecule has 0 radical (unpaired) electrons. The molecule has 0 amide bonds. The summed E-state index contributed by atoms with van der Waals surface area (Å²) < 4.78 is 28.1. The maximum absolute atomic E-state index is 11.4. The number of rotatable bonds is 4. The summed E-state index contributed by atoms with van der Waals surface area (Å²) in [6, 6.07) is 8.18. The Morgan fingerprint density at radius 3 is 2.55 bits per heavy atom. The van der Waals surface area contributed by atoms with Crippen LogP contribution in [0.5, 0.6) is 0 Å². The van der Waals surface area contributed by atoms with E-state index in [0.29, 0.717) is 23.0 Å². The first-order chi connectivity index (χ1) is 10.5. The number of aryl methyl sites for hydroxylation is 1. The van der Waals surface area contributed by atoms with Crippen molar-refractivity contribution in [3.63, 3.8) is 0 Å². The van der Waals surface area contributed by atoms with E-state index in [1.807, 2.05) is 13.0 Å². The van der Waals surface area contributed by atoms with Crippen molar-refractivity contribution >= 4 is 9.84 Å². The molecule has 0 atom stereocenters. The zero-order valence-electron chi connectivity index (χ0n) is 12.1. The SMILES string of the molecule is CCc1cc(-c2nc(-c3ccc(S(C)(=O)=O)cc3)no2)n[nH]1. The van der Waals surface area contributed by atoms with Crippen molar-refractivity contribution < 1.29 is 12.9 Å². The molecule has 3 rings (SSSR count). The predicted octanol–water partition coefficient (Wildman–Crippen LogP) is 2.09. The lowest BCUT2D eigenvalue weighted by Crippen LogP contribution is -1.96. The second-order valence-electron chi connectivity index (χ2n) is 4.85. The minimum absolute atomic E-state index is 0.250. The van der Waals surface area contributed by atoms with Crippen LogP contribution in [0.1, 0.15) is 12.6 Å². The van der Waals surface area contributed by atoms with Crippen molar-refractivity contribution in [3.05, 3.63) is 36.0 Å². The maximum Gasteiger partial charge on any atom is 0.278 e. The van der Waals surface area contributed by atoms with E-state index < -0.39 is 9.84 Å². The van der Waals surface area contributed by atoms with Gasteiger partial charge >= 0.3 is 0 Å². The number of aromatic nitrogens is 4. The first-order valence-electron chi connectivity index (χ1n) is 6.66. The van der Waals surface area contributed by atoms with Crippen LogP contribution >= 0.6 is 0 Å². The summed E-state index contributed by atoms with van der Waals surface area (Å²) in [7, 11) is -3.22. The molecule has 114 valence electrons. The van der Waals surface area contributed by atoms with Crippen molar-refractivity contribution in [2.45, 2.75) is 18.2 Å². The molecule has 0 saturated heterocycles. The molecule has 8 heteroatoms. The van der Waals surface area contributed by atoms with Gasteiger partial charge in [0.15, 0.2) is 15.5 Å². The number of benzene rings is 1. The van der Waals surface area contributed by atoms with Crippen LogP contribution in [0.15, 0.2) is 39.8 Å². The van der Waals surface area contributed by atoms with Crippen molar-refractivity contribution in [1.29, 1.82) is 0 Å². The number of aromatic amines is 1. The van der Waals surface area contributed by atoms with Gasteiger partial charge in [-0.15, -0.1) is 0 Å². The van der Waals surface area contributed by atoms with Gasteiger partial charge in [-0.1, -0.05) is 12.1 Å². The highest BCUT2D eigenvalue weighted by atomic mass is 32.2. The highest BCUT2D eigenvalue weighted by Crippen LogP contribution is 2.22. The second-order valence-corrected chi connectivity index (χ2v) is 6.87. The summed E-state index contributed by atoms with van der Waals surface area (Å²) in [5.41, 5.74) is 2.24. The lowest BCUT2D eigenvalue weighted by molar-refractivity contribution is 0.431. The maximum atomic E-state index is 11.4. The molecule has 0 spiro atoms. The van der Waals surface area contributed by atoms with Crippen LogP contribution < -0.4 is 0 Å². The first-order valence-corrected chi connectivity index (χ1v) is 8.55. The zero-order chi connectivity index (χ0) is 15.7. The minimum atomic E-state index is -3.22. The number of nitrogens with one attached hydrogen (secondary N) is 1. The van der Waals surface area contributed by atoms with Crippen LogP contribution in [0.25, 0.3) is 23.0 Å². The first kappa shape index (κ1) is 14.5. The van der Waals surface area contributed by atoms with Crippen LogP contribution in [0, 0.1) is 0 Å². The Kier molecular flexibility index (Phi) is 3.53. The number of H-pyrrole nitrogens is 1. The number of hydrogen-bond acceptors (Lipinski definition) is 6. The molecule has 1 aromatic carbocycles. The van der Waals surface area contributed by atoms with Gasteiger partial charge in [0, 0.05) is 17.5 Å². The summed E-state index contributed by atoms with van der Waals surface area (Å²) in [5.74, 6) is 0.703. The lowest BCUT2D eigenvalue weighted by atomic mass is 10.2. The average Bonchev–Trinajstić information content (AvgIpc) is 3.15. The van der Waals surface area contributed by atoms with E-state index in [1.54, 1.807) is 12.1 Å². The number of hydrogen-bond donors (Lipinski definition) is 1. The normalized spacial score (nSPS) is 11.7. The standard InChI is InChI=1S/C14H14N4O3S/c1-3-10-8-12(17-16-10)14-15-13(18-21-14)9-4-6-11(7-5-9)22(2,19)20/h4-8H,3H2,1-2H3,(H,16,17). The van der Waals surface area contributed by atoms with E-state index in [-0.39, 0.29) is 4.90 Å². The fraction of sp³-hybridized carbons (Fsp3) is 0.214. The van der Waals surface area contributed by atoms with Gasteiger partial charge < -0.3 is 4.52 Å². The van der Waals surface area contributed by atoms with E-state index in [0.717, 1.165) is 18.4 Å². The Labute approximate surface area is 127 Å². The van der Waals surface area contributed by atoms with Crippen LogP contribution in [0.2, 0.25) is 0 Å². The fourth-order valence-corrected chi connectivity index (χ4v) is 2.58. The van der Waals surface area contributed by atoms with Crippen molar-refractivity contribution in [2.24, 2.45) is 0 Å². The molecule has 1 N–H and O–H groups in total. The minimum Gasteiger partial charge on any atom is -0.332 e. The van der Waals surface area contributed by atoms with Gasteiger partial charge in [-0.2, -0.15) is 10.1 Å². The third-order valence-corrected chi connectivity index (χ3v) is 4.33. The molecule has 0 fully saturated rings. The zero-order valence-corrected chi connectivity index (χ0v) is 12.9. The Balaban J connectivity index is 1.90. The Morgan fingerprint density at radius 2 is 1.95 bits per heavy atom. The summed E-state index contributed by atoms with van der Waals surface area (Å²) in [6.07, 6.45) is 2.00. The Hall–Kier alpha value is -2.48. The quantitative estimate of drug-likeness (QED) is 0.790. The van der Waals surface area contributed by atoms with E-state index in [4.69, 9.17) is 4.52 Å². The van der Waals surface area contributed by atoms with Gasteiger partial charge in [0.2, 0.25) is 5.82 Å². The van der Waals surface area contributed by atoms with Gasteiger partial charge in [-0.25, -0.2) is 8.42 Å². The molecule has 3 aromatic rings. The van der Waals surface area contributed by atoms with Crippen LogP contribution in [0.4, 0.5) is 0 Å². The van der Waals surface area contributed by atoms with Gasteiger partial charge in [-0.05, 0) is 36.8 Å². The van der Waals surface area contributed by atoms with E-state index in [1.165, 1.54) is 12.1 Å². The van der Waals surface area contributed by atoms with E-state index in [9.17, 15) is 8.42 Å².